The van der Waals surface area contributed by atoms with Gasteiger partial charge in [0.25, 0.3) is 0 Å². The lowest BCUT2D eigenvalue weighted by Crippen LogP contribution is -2.64. The van der Waals surface area contributed by atoms with Crippen LogP contribution in [-0.4, -0.2) is 23.9 Å². The summed E-state index contributed by atoms with van der Waals surface area (Å²) < 4.78 is 111. The third kappa shape index (κ3) is 1.19. The van der Waals surface area contributed by atoms with E-state index in [9.17, 15) is 39.6 Å². The SMILES string of the molecule is FOC1(F)C(F)=C(F)C(F)C(F)(F)C1(F)F. The first kappa shape index (κ1) is 13.1. The van der Waals surface area contributed by atoms with E-state index in [0.717, 1.165) is 0 Å². The lowest BCUT2D eigenvalue weighted by atomic mass is 9.91. The van der Waals surface area contributed by atoms with Gasteiger partial charge in [0.2, 0.25) is 12.0 Å². The number of alkyl halides is 6. The van der Waals surface area contributed by atoms with Crippen LogP contribution in [0.5, 0.6) is 0 Å². The summed E-state index contributed by atoms with van der Waals surface area (Å²) in [6.45, 7) is 0. The van der Waals surface area contributed by atoms with Crippen molar-refractivity contribution in [1.29, 1.82) is 0 Å². The third-order valence-electron chi connectivity index (χ3n) is 1.96. The van der Waals surface area contributed by atoms with E-state index in [1.165, 1.54) is 0 Å². The monoisotopic (exact) mass is 260 g/mol. The van der Waals surface area contributed by atoms with Crippen LogP contribution in [0.25, 0.3) is 0 Å². The normalized spacial score (nSPS) is 37.7. The van der Waals surface area contributed by atoms with Crippen molar-refractivity contribution in [3.8, 4) is 0 Å². The van der Waals surface area contributed by atoms with Gasteiger partial charge in [-0.15, -0.1) is 4.94 Å². The van der Waals surface area contributed by atoms with E-state index in [1.54, 1.807) is 4.94 Å². The first-order valence-corrected chi connectivity index (χ1v) is 3.48. The zero-order chi connectivity index (χ0) is 12.9. The first-order valence-electron chi connectivity index (χ1n) is 3.48. The Hall–Kier alpha value is -0.930. The van der Waals surface area contributed by atoms with Gasteiger partial charge in [-0.05, 0) is 4.53 Å². The van der Waals surface area contributed by atoms with E-state index >= 15 is 0 Å². The highest BCUT2D eigenvalue weighted by atomic mass is 19.3. The van der Waals surface area contributed by atoms with Gasteiger partial charge in [-0.2, -0.15) is 22.0 Å². The predicted molar refractivity (Wildman–Crippen MR) is 30.1 cm³/mol. The maximum absolute atomic E-state index is 12.7. The minimum absolute atomic E-state index is 1.72. The van der Waals surface area contributed by atoms with Crippen molar-refractivity contribution < 1.29 is 44.6 Å². The molecule has 16 heavy (non-hydrogen) atoms. The molecule has 0 saturated heterocycles. The highest BCUT2D eigenvalue weighted by Crippen LogP contribution is 2.57. The number of rotatable bonds is 1. The van der Waals surface area contributed by atoms with Crippen LogP contribution in [0.1, 0.15) is 0 Å². The summed E-state index contributed by atoms with van der Waals surface area (Å²) in [4.78, 5) is 1.72. The molecular weight excluding hydrogens is 259 g/mol. The van der Waals surface area contributed by atoms with Crippen LogP contribution in [0.15, 0.2) is 11.7 Å². The van der Waals surface area contributed by atoms with E-state index in [0.29, 0.717) is 0 Å². The Morgan fingerprint density at radius 1 is 1.00 bits per heavy atom. The van der Waals surface area contributed by atoms with Gasteiger partial charge >= 0.3 is 17.7 Å². The summed E-state index contributed by atoms with van der Waals surface area (Å²) in [5.74, 6) is -24.5. The Morgan fingerprint density at radius 3 is 1.81 bits per heavy atom. The van der Waals surface area contributed by atoms with Crippen molar-refractivity contribution in [2.45, 2.75) is 23.9 Å². The molecule has 0 aromatic carbocycles. The van der Waals surface area contributed by atoms with E-state index in [4.69, 9.17) is 0 Å². The molecule has 0 radical (unpaired) electrons. The molecular formula is C6HF9O. The molecule has 2 atom stereocenters. The topological polar surface area (TPSA) is 9.23 Å². The first-order chi connectivity index (χ1) is 7.04. The lowest BCUT2D eigenvalue weighted by Gasteiger charge is -2.38. The average Bonchev–Trinajstić information content (AvgIpc) is 2.22. The van der Waals surface area contributed by atoms with Gasteiger partial charge in [0.1, 0.15) is 0 Å². The fourth-order valence-electron chi connectivity index (χ4n) is 1.02. The van der Waals surface area contributed by atoms with Crippen LogP contribution in [0.2, 0.25) is 0 Å². The molecule has 94 valence electrons. The molecule has 1 rings (SSSR count). The van der Waals surface area contributed by atoms with Gasteiger partial charge in [-0.3, -0.25) is 0 Å². The van der Waals surface area contributed by atoms with E-state index in [-0.39, 0.29) is 0 Å². The molecule has 0 aliphatic heterocycles. The Bertz CT molecular complexity index is 337. The van der Waals surface area contributed by atoms with Crippen LogP contribution in [-0.2, 0) is 4.94 Å². The Morgan fingerprint density at radius 2 is 1.44 bits per heavy atom. The summed E-state index contributed by atoms with van der Waals surface area (Å²) in [5, 5.41) is 0. The van der Waals surface area contributed by atoms with Crippen LogP contribution in [0.4, 0.5) is 39.6 Å². The molecule has 0 heterocycles. The van der Waals surface area contributed by atoms with E-state index in [1.807, 2.05) is 0 Å². The van der Waals surface area contributed by atoms with Crippen LogP contribution >= 0.6 is 0 Å². The second-order valence-corrected chi connectivity index (χ2v) is 2.89. The maximum atomic E-state index is 12.7. The molecule has 1 nitrogen and oxygen atoms in total. The predicted octanol–water partition coefficient (Wildman–Crippen LogP) is 3.33. The number of halogens is 9. The molecule has 10 heteroatoms. The van der Waals surface area contributed by atoms with Crippen molar-refractivity contribution in [2.75, 3.05) is 0 Å². The molecule has 0 spiro atoms. The third-order valence-corrected chi connectivity index (χ3v) is 1.96. The molecule has 0 amide bonds. The second kappa shape index (κ2) is 3.28. The molecule has 0 bridgehead atoms. The average molecular weight is 260 g/mol. The van der Waals surface area contributed by atoms with Gasteiger partial charge in [-0.25, -0.2) is 13.2 Å². The van der Waals surface area contributed by atoms with Gasteiger partial charge < -0.3 is 0 Å². The van der Waals surface area contributed by atoms with Crippen molar-refractivity contribution in [1.82, 2.24) is 0 Å². The van der Waals surface area contributed by atoms with Crippen molar-refractivity contribution in [2.24, 2.45) is 0 Å². The molecule has 0 fully saturated rings. The minimum Gasteiger partial charge on any atom is -0.233 e. The Labute approximate surface area is 81.4 Å². The van der Waals surface area contributed by atoms with Gasteiger partial charge in [0, 0.05) is 0 Å². The van der Waals surface area contributed by atoms with Gasteiger partial charge in [0.15, 0.2) is 5.83 Å². The standard InChI is InChI=1S/C6HF9O/c7-1-2(8)4(10,11)6(13,14)5(12,16-15)3(1)9/h2H. The summed E-state index contributed by atoms with van der Waals surface area (Å²) in [5.41, 5.74) is 0. The number of hydrogen-bond donors (Lipinski definition) is 0. The molecule has 0 aromatic heterocycles. The van der Waals surface area contributed by atoms with Crippen LogP contribution in [0, 0.1) is 0 Å². The highest BCUT2D eigenvalue weighted by molar-refractivity contribution is 5.28. The minimum atomic E-state index is -6.24. The lowest BCUT2D eigenvalue weighted by molar-refractivity contribution is -0.409. The zero-order valence-electron chi connectivity index (χ0n) is 6.89. The molecule has 2 unspecified atom stereocenters. The number of hydrogen-bond acceptors (Lipinski definition) is 1. The molecule has 0 saturated carbocycles. The Kier molecular flexibility index (Phi) is 2.69. The van der Waals surface area contributed by atoms with Crippen LogP contribution in [0.3, 0.4) is 0 Å². The molecule has 1 aliphatic carbocycles. The summed E-state index contributed by atoms with van der Waals surface area (Å²) in [6.07, 6.45) is -4.43. The summed E-state index contributed by atoms with van der Waals surface area (Å²) >= 11 is 0. The maximum Gasteiger partial charge on any atom is 0.380 e. The summed E-state index contributed by atoms with van der Waals surface area (Å²) in [6, 6.07) is 0. The molecule has 1 aliphatic rings. The van der Waals surface area contributed by atoms with Gasteiger partial charge in [0.05, 0.1) is 0 Å². The number of allylic oxidation sites excluding steroid dienone is 1. The van der Waals surface area contributed by atoms with Crippen molar-refractivity contribution >= 4 is 0 Å². The summed E-state index contributed by atoms with van der Waals surface area (Å²) in [7, 11) is 0. The molecule has 0 N–H and O–H groups in total. The van der Waals surface area contributed by atoms with Crippen molar-refractivity contribution in [3.05, 3.63) is 11.7 Å². The quantitative estimate of drug-likeness (QED) is 0.657. The van der Waals surface area contributed by atoms with Crippen molar-refractivity contribution in [3.63, 3.8) is 0 Å². The fraction of sp³-hybridized carbons (Fsp3) is 0.667. The van der Waals surface area contributed by atoms with Crippen LogP contribution < -0.4 is 0 Å². The highest BCUT2D eigenvalue weighted by Gasteiger charge is 2.81. The smallest absolute Gasteiger partial charge is 0.233 e. The van der Waals surface area contributed by atoms with E-state index < -0.39 is 35.5 Å². The van der Waals surface area contributed by atoms with Gasteiger partial charge in [-0.1, -0.05) is 0 Å². The molecule has 0 aromatic rings. The van der Waals surface area contributed by atoms with E-state index in [2.05, 4.69) is 0 Å². The fourth-order valence-corrected chi connectivity index (χ4v) is 1.02. The second-order valence-electron chi connectivity index (χ2n) is 2.89. The zero-order valence-corrected chi connectivity index (χ0v) is 6.89. The largest absolute Gasteiger partial charge is 0.380 e. The Balaban J connectivity index is 3.52.